The Kier molecular flexibility index (Phi) is 6.42. The first kappa shape index (κ1) is 22.8. The van der Waals surface area contributed by atoms with Crippen LogP contribution in [0.5, 0.6) is 5.75 Å². The quantitative estimate of drug-likeness (QED) is 0.375. The summed E-state index contributed by atoms with van der Waals surface area (Å²) in [5.41, 5.74) is 3.38. The van der Waals surface area contributed by atoms with Gasteiger partial charge in [-0.2, -0.15) is 13.9 Å². The molecular weight excluding hydrogens is 446 g/mol. The van der Waals surface area contributed by atoms with E-state index in [0.717, 1.165) is 22.3 Å². The summed E-state index contributed by atoms with van der Waals surface area (Å²) in [4.78, 5) is 16.4. The molecule has 0 aliphatic carbocycles. The van der Waals surface area contributed by atoms with Crippen molar-refractivity contribution in [3.8, 4) is 11.6 Å². The van der Waals surface area contributed by atoms with Crippen LogP contribution in [0.25, 0.3) is 16.7 Å². The molecule has 0 fully saturated rings. The van der Waals surface area contributed by atoms with Gasteiger partial charge < -0.3 is 10.1 Å². The van der Waals surface area contributed by atoms with E-state index in [1.54, 1.807) is 22.5 Å². The standard InChI is InChI=1S/C24H24F2N4O2S/c1-15(2)21(29-23(31)24(3,25)26)22(16-7-5-4-6-8-16)32-18-9-10-19-17(11-18)12-28-30(19)20-13-33-14-27-20/h4-15,21-22H,1-3H3,(H,29,31)/t21-,22+/m0/s1. The monoisotopic (exact) mass is 470 g/mol. The van der Waals surface area contributed by atoms with E-state index in [4.69, 9.17) is 4.74 Å². The van der Waals surface area contributed by atoms with Gasteiger partial charge in [0, 0.05) is 17.7 Å². The molecule has 6 nitrogen and oxygen atoms in total. The summed E-state index contributed by atoms with van der Waals surface area (Å²) in [7, 11) is 0. The minimum Gasteiger partial charge on any atom is -0.484 e. The van der Waals surface area contributed by atoms with E-state index < -0.39 is 24.0 Å². The van der Waals surface area contributed by atoms with Gasteiger partial charge >= 0.3 is 5.92 Å². The van der Waals surface area contributed by atoms with Crippen LogP contribution in [0.1, 0.15) is 32.4 Å². The van der Waals surface area contributed by atoms with E-state index in [1.807, 2.05) is 61.7 Å². The summed E-state index contributed by atoms with van der Waals surface area (Å²) in [5.74, 6) is -3.72. The lowest BCUT2D eigenvalue weighted by atomic mass is 9.92. The van der Waals surface area contributed by atoms with Crippen LogP contribution >= 0.6 is 11.3 Å². The molecule has 1 amide bonds. The molecule has 2 aromatic heterocycles. The SMILES string of the molecule is CC(C)[C@H](NC(=O)C(C)(F)F)[C@H](Oc1ccc2c(cnn2-c2cscn2)c1)c1ccccc1. The fraction of sp³-hybridized carbons (Fsp3) is 0.292. The number of ether oxygens (including phenoxy) is 1. The number of rotatable bonds is 8. The molecule has 0 aliphatic heterocycles. The van der Waals surface area contributed by atoms with Crippen molar-refractivity contribution in [2.75, 3.05) is 0 Å². The average Bonchev–Trinajstić information content (AvgIpc) is 3.45. The molecule has 2 heterocycles. The zero-order valence-corrected chi connectivity index (χ0v) is 19.2. The predicted molar refractivity (Wildman–Crippen MR) is 124 cm³/mol. The van der Waals surface area contributed by atoms with Gasteiger partial charge in [0.25, 0.3) is 5.91 Å². The van der Waals surface area contributed by atoms with Crippen LogP contribution in [0.15, 0.2) is 65.6 Å². The highest BCUT2D eigenvalue weighted by atomic mass is 32.1. The number of nitrogens with one attached hydrogen (secondary N) is 1. The molecule has 4 aromatic rings. The summed E-state index contributed by atoms with van der Waals surface area (Å²) in [6, 6.07) is 14.1. The number of carbonyl (C=O) groups excluding carboxylic acids is 1. The Hall–Kier alpha value is -3.33. The van der Waals surface area contributed by atoms with Crippen molar-refractivity contribution >= 4 is 28.1 Å². The molecule has 0 saturated heterocycles. The molecule has 1 N–H and O–H groups in total. The third-order valence-electron chi connectivity index (χ3n) is 5.31. The van der Waals surface area contributed by atoms with E-state index in [9.17, 15) is 13.6 Å². The molecule has 0 aliphatic rings. The van der Waals surface area contributed by atoms with Crippen LogP contribution in [0.3, 0.4) is 0 Å². The fourth-order valence-electron chi connectivity index (χ4n) is 3.59. The van der Waals surface area contributed by atoms with Gasteiger partial charge in [-0.25, -0.2) is 9.67 Å². The number of nitrogens with zero attached hydrogens (tertiary/aromatic N) is 3. The van der Waals surface area contributed by atoms with Crippen molar-refractivity contribution in [3.63, 3.8) is 0 Å². The first-order valence-corrected chi connectivity index (χ1v) is 11.4. The molecule has 9 heteroatoms. The highest BCUT2D eigenvalue weighted by molar-refractivity contribution is 7.07. The highest BCUT2D eigenvalue weighted by Gasteiger charge is 2.37. The zero-order valence-electron chi connectivity index (χ0n) is 18.4. The lowest BCUT2D eigenvalue weighted by Gasteiger charge is -2.32. The van der Waals surface area contributed by atoms with Crippen molar-refractivity contribution in [1.82, 2.24) is 20.1 Å². The Labute approximate surface area is 194 Å². The van der Waals surface area contributed by atoms with Crippen LogP contribution in [-0.2, 0) is 4.79 Å². The van der Waals surface area contributed by atoms with Crippen molar-refractivity contribution in [1.29, 1.82) is 0 Å². The first-order chi connectivity index (χ1) is 15.7. The van der Waals surface area contributed by atoms with Crippen LogP contribution in [0.4, 0.5) is 8.78 Å². The maximum atomic E-state index is 13.7. The molecule has 0 bridgehead atoms. The van der Waals surface area contributed by atoms with Crippen LogP contribution in [-0.4, -0.2) is 32.6 Å². The van der Waals surface area contributed by atoms with Gasteiger partial charge in [-0.3, -0.25) is 4.79 Å². The van der Waals surface area contributed by atoms with Crippen molar-refractivity contribution in [3.05, 3.63) is 71.2 Å². The van der Waals surface area contributed by atoms with Gasteiger partial charge in [-0.05, 0) is 29.7 Å². The normalized spacial score (nSPS) is 13.8. The summed E-state index contributed by atoms with van der Waals surface area (Å²) in [5, 5.41) is 9.66. The Morgan fingerprint density at radius 1 is 1.18 bits per heavy atom. The van der Waals surface area contributed by atoms with E-state index in [-0.39, 0.29) is 5.92 Å². The number of halogens is 2. The number of alkyl halides is 2. The number of hydrogen-bond donors (Lipinski definition) is 1. The molecule has 4 rings (SSSR count). The van der Waals surface area contributed by atoms with Gasteiger partial charge in [0.15, 0.2) is 5.82 Å². The molecule has 2 aromatic carbocycles. The van der Waals surface area contributed by atoms with Gasteiger partial charge in [0.2, 0.25) is 0 Å². The number of fused-ring (bicyclic) bond motifs is 1. The summed E-state index contributed by atoms with van der Waals surface area (Å²) in [6.45, 7) is 4.31. The molecule has 0 spiro atoms. The van der Waals surface area contributed by atoms with Gasteiger partial charge in [-0.15, -0.1) is 11.3 Å². The van der Waals surface area contributed by atoms with Crippen LogP contribution < -0.4 is 10.1 Å². The summed E-state index contributed by atoms with van der Waals surface area (Å²) < 4.78 is 35.4. The predicted octanol–water partition coefficient (Wildman–Crippen LogP) is 5.40. The number of aromatic nitrogens is 3. The zero-order chi connectivity index (χ0) is 23.6. The molecule has 0 unspecified atom stereocenters. The number of benzene rings is 2. The third-order valence-corrected chi connectivity index (χ3v) is 5.88. The third kappa shape index (κ3) is 5.03. The molecule has 2 atom stereocenters. The Balaban J connectivity index is 1.68. The van der Waals surface area contributed by atoms with Gasteiger partial charge in [0.1, 0.15) is 11.9 Å². The second-order valence-corrected chi connectivity index (χ2v) is 8.92. The number of hydrogen-bond acceptors (Lipinski definition) is 5. The Bertz CT molecular complexity index is 1220. The molecular formula is C24H24F2N4O2S. The summed E-state index contributed by atoms with van der Waals surface area (Å²) in [6.07, 6.45) is 1.04. The maximum Gasteiger partial charge on any atom is 0.321 e. The minimum absolute atomic E-state index is 0.169. The van der Waals surface area contributed by atoms with E-state index in [2.05, 4.69) is 15.4 Å². The van der Waals surface area contributed by atoms with Crippen LogP contribution in [0.2, 0.25) is 0 Å². The lowest BCUT2D eigenvalue weighted by Crippen LogP contribution is -2.49. The van der Waals surface area contributed by atoms with E-state index in [1.165, 1.54) is 11.3 Å². The van der Waals surface area contributed by atoms with E-state index in [0.29, 0.717) is 12.7 Å². The topological polar surface area (TPSA) is 69.0 Å². The molecule has 0 radical (unpaired) electrons. The number of carbonyl (C=O) groups is 1. The number of thiazole rings is 1. The van der Waals surface area contributed by atoms with Gasteiger partial charge in [0.05, 0.1) is 23.3 Å². The van der Waals surface area contributed by atoms with Crippen molar-refractivity contribution in [2.24, 2.45) is 5.92 Å². The second-order valence-electron chi connectivity index (χ2n) is 8.20. The van der Waals surface area contributed by atoms with Crippen molar-refractivity contribution in [2.45, 2.75) is 38.8 Å². The fourth-order valence-corrected chi connectivity index (χ4v) is 4.10. The smallest absolute Gasteiger partial charge is 0.321 e. The largest absolute Gasteiger partial charge is 0.484 e. The maximum absolute atomic E-state index is 13.7. The highest BCUT2D eigenvalue weighted by Crippen LogP contribution is 2.31. The lowest BCUT2D eigenvalue weighted by molar-refractivity contribution is -0.145. The average molecular weight is 471 g/mol. The van der Waals surface area contributed by atoms with Gasteiger partial charge in [-0.1, -0.05) is 44.2 Å². The second kappa shape index (κ2) is 9.27. The molecule has 172 valence electrons. The summed E-state index contributed by atoms with van der Waals surface area (Å²) >= 11 is 1.48. The van der Waals surface area contributed by atoms with E-state index >= 15 is 0 Å². The first-order valence-electron chi connectivity index (χ1n) is 10.5. The minimum atomic E-state index is -3.49. The van der Waals surface area contributed by atoms with Crippen LogP contribution in [0, 0.1) is 5.92 Å². The molecule has 0 saturated carbocycles. The van der Waals surface area contributed by atoms with Crippen molar-refractivity contribution < 1.29 is 18.3 Å². The Morgan fingerprint density at radius 2 is 1.94 bits per heavy atom. The Morgan fingerprint density at radius 3 is 2.58 bits per heavy atom. The number of amides is 1. The molecule has 33 heavy (non-hydrogen) atoms.